The van der Waals surface area contributed by atoms with Crippen molar-refractivity contribution in [2.75, 3.05) is 18.3 Å². The fourth-order valence-corrected chi connectivity index (χ4v) is 4.78. The number of alkyl halides is 3. The number of carbonyl (C=O) groups is 1. The molecule has 0 atom stereocenters. The first-order valence-corrected chi connectivity index (χ1v) is 13.7. The highest BCUT2D eigenvalue weighted by Gasteiger charge is 2.43. The van der Waals surface area contributed by atoms with Gasteiger partial charge in [-0.1, -0.05) is 114 Å². The minimum absolute atomic E-state index is 0.549. The van der Waals surface area contributed by atoms with Gasteiger partial charge in [0, 0.05) is 5.75 Å². The molecule has 6 heteroatoms. The van der Waals surface area contributed by atoms with Crippen molar-refractivity contribution in [3.8, 4) is 0 Å². The Morgan fingerprint density at radius 2 is 1.00 bits per heavy atom. The maximum absolute atomic E-state index is 12.3. The average Bonchev–Trinajstić information content (AvgIpc) is 2.60. The highest BCUT2D eigenvalue weighted by atomic mass is 32.3. The van der Waals surface area contributed by atoms with Crippen molar-refractivity contribution in [2.45, 2.75) is 116 Å². The summed E-state index contributed by atoms with van der Waals surface area (Å²) in [6.07, 6.45) is 18.7. The zero-order chi connectivity index (χ0) is 21.3. The molecule has 0 bridgehead atoms. The van der Waals surface area contributed by atoms with Gasteiger partial charge < -0.3 is 4.18 Å². The Labute approximate surface area is 172 Å². The third-order valence-electron chi connectivity index (χ3n) is 5.02. The second-order valence-electron chi connectivity index (χ2n) is 8.31. The van der Waals surface area contributed by atoms with Crippen LogP contribution in [0.1, 0.15) is 110 Å². The molecule has 2 nitrogen and oxygen atoms in total. The minimum Gasteiger partial charge on any atom is -0.409 e. The maximum atomic E-state index is 12.3. The number of hydrogen-bond donors (Lipinski definition) is 0. The first kappa shape index (κ1) is 27.6. The molecule has 0 aromatic heterocycles. The largest absolute Gasteiger partial charge is 0.491 e. The van der Waals surface area contributed by atoms with Crippen molar-refractivity contribution in [3.05, 3.63) is 0 Å². The van der Waals surface area contributed by atoms with Gasteiger partial charge in [0.2, 0.25) is 0 Å². The molecule has 0 aromatic carbocycles. The second kappa shape index (κ2) is 16.4. The monoisotopic (exact) mass is 428 g/mol. The summed E-state index contributed by atoms with van der Waals surface area (Å²) in [5.74, 6) is -1.50. The van der Waals surface area contributed by atoms with Crippen LogP contribution in [0, 0.1) is 0 Å². The molecular weight excluding hydrogens is 385 g/mol. The molecule has 0 fully saturated rings. The number of halogens is 3. The Kier molecular flexibility index (Phi) is 16.2. The lowest BCUT2D eigenvalue weighted by molar-refractivity contribution is -0.188. The van der Waals surface area contributed by atoms with E-state index in [-0.39, 0.29) is 0 Å². The van der Waals surface area contributed by atoms with Gasteiger partial charge in [0.25, 0.3) is 0 Å². The van der Waals surface area contributed by atoms with Crippen LogP contribution in [0.25, 0.3) is 0 Å². The van der Waals surface area contributed by atoms with Crippen LogP contribution in [0.4, 0.5) is 13.2 Å². The lowest BCUT2D eigenvalue weighted by Gasteiger charge is -2.30. The van der Waals surface area contributed by atoms with E-state index in [2.05, 4.69) is 11.1 Å². The fourth-order valence-electron chi connectivity index (χ4n) is 3.29. The van der Waals surface area contributed by atoms with Gasteiger partial charge in [0.15, 0.2) is 0 Å². The molecule has 0 aliphatic carbocycles. The SMILES string of the molecule is CCCCCCCCCCCCCCCCCCS(C)(C)OC(=O)C(F)(F)F. The number of rotatable bonds is 18. The average molecular weight is 429 g/mol. The molecule has 0 aliphatic rings. The smallest absolute Gasteiger partial charge is 0.409 e. The predicted molar refractivity (Wildman–Crippen MR) is 116 cm³/mol. The van der Waals surface area contributed by atoms with Gasteiger partial charge >= 0.3 is 12.1 Å². The van der Waals surface area contributed by atoms with Crippen molar-refractivity contribution >= 4 is 16.3 Å². The summed E-state index contributed by atoms with van der Waals surface area (Å²) in [5, 5.41) is 0. The van der Waals surface area contributed by atoms with E-state index in [9.17, 15) is 18.0 Å². The van der Waals surface area contributed by atoms with E-state index in [4.69, 9.17) is 0 Å². The summed E-state index contributed by atoms with van der Waals surface area (Å²) >= 11 is 0. The Hall–Kier alpha value is -0.390. The van der Waals surface area contributed by atoms with Crippen molar-refractivity contribution in [3.63, 3.8) is 0 Å². The summed E-state index contributed by atoms with van der Waals surface area (Å²) < 4.78 is 41.4. The topological polar surface area (TPSA) is 26.3 Å². The van der Waals surface area contributed by atoms with E-state index < -0.39 is 22.5 Å². The van der Waals surface area contributed by atoms with Crippen molar-refractivity contribution in [1.82, 2.24) is 0 Å². The van der Waals surface area contributed by atoms with E-state index in [1.807, 2.05) is 0 Å². The van der Waals surface area contributed by atoms with Crippen molar-refractivity contribution in [1.29, 1.82) is 0 Å². The molecule has 170 valence electrons. The highest BCUT2D eigenvalue weighted by molar-refractivity contribution is 8.29. The van der Waals surface area contributed by atoms with Gasteiger partial charge in [-0.15, -0.1) is 0 Å². The number of hydrogen-bond acceptors (Lipinski definition) is 2. The van der Waals surface area contributed by atoms with Gasteiger partial charge in [0.05, 0.1) is 0 Å². The summed E-state index contributed by atoms with van der Waals surface area (Å²) in [5.41, 5.74) is 0. The molecule has 0 unspecified atom stereocenters. The Morgan fingerprint density at radius 3 is 1.32 bits per heavy atom. The van der Waals surface area contributed by atoms with Crippen molar-refractivity contribution < 1.29 is 22.1 Å². The van der Waals surface area contributed by atoms with E-state index in [1.54, 1.807) is 12.5 Å². The van der Waals surface area contributed by atoms with Gasteiger partial charge in [-0.3, -0.25) is 0 Å². The van der Waals surface area contributed by atoms with Crippen LogP contribution < -0.4 is 0 Å². The molecule has 0 saturated carbocycles. The second-order valence-corrected chi connectivity index (χ2v) is 11.8. The van der Waals surface area contributed by atoms with Gasteiger partial charge in [-0.2, -0.15) is 13.2 Å². The maximum Gasteiger partial charge on any atom is 0.491 e. The van der Waals surface area contributed by atoms with Crippen LogP contribution in [0.5, 0.6) is 0 Å². The van der Waals surface area contributed by atoms with Crippen LogP contribution in [0.3, 0.4) is 0 Å². The van der Waals surface area contributed by atoms with Crippen molar-refractivity contribution in [2.24, 2.45) is 0 Å². The molecule has 0 amide bonds. The zero-order valence-electron chi connectivity index (χ0n) is 18.4. The lowest BCUT2D eigenvalue weighted by atomic mass is 10.0. The normalized spacial score (nSPS) is 12.9. The Morgan fingerprint density at radius 1 is 0.679 bits per heavy atom. The van der Waals surface area contributed by atoms with E-state index in [0.717, 1.165) is 19.3 Å². The quantitative estimate of drug-likeness (QED) is 0.205. The number of unbranched alkanes of at least 4 members (excludes halogenated alkanes) is 15. The van der Waals surface area contributed by atoms with E-state index >= 15 is 0 Å². The van der Waals surface area contributed by atoms with Gasteiger partial charge in [-0.05, 0) is 18.9 Å². The predicted octanol–water partition coefficient (Wildman–Crippen LogP) is 8.33. The van der Waals surface area contributed by atoms with Gasteiger partial charge in [0.1, 0.15) is 0 Å². The summed E-state index contributed by atoms with van der Waals surface area (Å²) in [6.45, 7) is 2.25. The molecule has 0 aromatic rings. The lowest BCUT2D eigenvalue weighted by Crippen LogP contribution is -2.27. The molecule has 0 saturated heterocycles. The Balaban J connectivity index is 3.38. The first-order chi connectivity index (χ1) is 13.2. The molecule has 0 aliphatic heterocycles. The summed E-state index contributed by atoms with van der Waals surface area (Å²) in [6, 6.07) is 0. The van der Waals surface area contributed by atoms with Crippen LogP contribution in [0.2, 0.25) is 0 Å². The minimum atomic E-state index is -4.89. The molecular formula is C22H43F3O2S. The standard InChI is InChI=1S/C22H43F3O2S/c1-4-5-6-7-8-9-10-11-12-13-14-15-16-17-18-19-20-28(2,3)27-21(26)22(23,24)25/h4-20H2,1-3H3. The molecule has 0 rings (SSSR count). The molecule has 28 heavy (non-hydrogen) atoms. The van der Waals surface area contributed by atoms with Crippen LogP contribution in [0.15, 0.2) is 0 Å². The van der Waals surface area contributed by atoms with Crippen LogP contribution in [-0.2, 0) is 8.98 Å². The van der Waals surface area contributed by atoms with Crippen LogP contribution in [-0.4, -0.2) is 30.4 Å². The fraction of sp³-hybridized carbons (Fsp3) is 0.955. The third-order valence-corrected chi connectivity index (χ3v) is 6.90. The van der Waals surface area contributed by atoms with E-state index in [0.29, 0.717) is 5.75 Å². The first-order valence-electron chi connectivity index (χ1n) is 11.2. The molecule has 0 radical (unpaired) electrons. The van der Waals surface area contributed by atoms with Crippen LogP contribution >= 0.6 is 10.3 Å². The van der Waals surface area contributed by atoms with Gasteiger partial charge in [-0.25, -0.2) is 4.79 Å². The summed E-state index contributed by atoms with van der Waals surface area (Å²) in [7, 11) is -1.95. The number of carbonyl (C=O) groups excluding carboxylic acids is 1. The molecule has 0 heterocycles. The highest BCUT2D eigenvalue weighted by Crippen LogP contribution is 2.44. The third kappa shape index (κ3) is 17.7. The molecule has 0 spiro atoms. The zero-order valence-corrected chi connectivity index (χ0v) is 19.2. The molecule has 0 N–H and O–H groups in total. The Bertz CT molecular complexity index is 384. The summed E-state index contributed by atoms with van der Waals surface area (Å²) in [4.78, 5) is 10.9. The van der Waals surface area contributed by atoms with E-state index in [1.165, 1.54) is 83.5 Å².